The van der Waals surface area contributed by atoms with Gasteiger partial charge < -0.3 is 0 Å². The Morgan fingerprint density at radius 3 is 2.57 bits per heavy atom. The first-order valence-corrected chi connectivity index (χ1v) is 8.70. The molecule has 0 unspecified atom stereocenters. The molecule has 3 aromatic carbocycles. The van der Waals surface area contributed by atoms with Crippen LogP contribution in [-0.2, 0) is 6.42 Å². The zero-order valence-corrected chi connectivity index (χ0v) is 13.8. The Balaban J connectivity index is 1.71. The zero-order chi connectivity index (χ0) is 15.6. The van der Waals surface area contributed by atoms with E-state index in [0.717, 1.165) is 16.9 Å². The van der Waals surface area contributed by atoms with Crippen LogP contribution in [0.2, 0.25) is 0 Å². The molecule has 0 aliphatic heterocycles. The number of benzene rings is 3. The Bertz CT molecular complexity index is 993. The number of hydrogen-bond donors (Lipinski definition) is 0. The van der Waals surface area contributed by atoms with Gasteiger partial charge in [0.25, 0.3) is 0 Å². The highest BCUT2D eigenvalue weighted by Gasteiger charge is 2.05. The second kappa shape index (κ2) is 5.98. The molecule has 2 heteroatoms. The molecule has 0 bridgehead atoms. The lowest BCUT2D eigenvalue weighted by molar-refractivity contribution is 1.14. The predicted molar refractivity (Wildman–Crippen MR) is 102 cm³/mol. The molecule has 0 spiro atoms. The van der Waals surface area contributed by atoms with Gasteiger partial charge in [0.15, 0.2) is 0 Å². The third-order valence-electron chi connectivity index (χ3n) is 4.11. The van der Waals surface area contributed by atoms with Gasteiger partial charge in [-0.3, -0.25) is 0 Å². The van der Waals surface area contributed by atoms with Crippen LogP contribution in [0.5, 0.6) is 0 Å². The second-order valence-corrected chi connectivity index (χ2v) is 6.68. The van der Waals surface area contributed by atoms with Crippen molar-refractivity contribution in [1.82, 2.24) is 4.98 Å². The minimum Gasteiger partial charge on any atom is -0.236 e. The number of rotatable bonds is 3. The zero-order valence-electron chi connectivity index (χ0n) is 13.0. The maximum absolute atomic E-state index is 4.82. The minimum atomic E-state index is 1.05. The molecule has 0 N–H and O–H groups in total. The largest absolute Gasteiger partial charge is 0.236 e. The van der Waals surface area contributed by atoms with Crippen LogP contribution in [0.1, 0.15) is 23.1 Å². The van der Waals surface area contributed by atoms with Gasteiger partial charge in [-0.05, 0) is 35.1 Å². The van der Waals surface area contributed by atoms with Crippen molar-refractivity contribution in [1.29, 1.82) is 0 Å². The normalized spacial score (nSPS) is 11.7. The van der Waals surface area contributed by atoms with Gasteiger partial charge in [0.2, 0.25) is 0 Å². The van der Waals surface area contributed by atoms with Crippen LogP contribution in [0.15, 0.2) is 60.7 Å². The molecular formula is C21H17NS. The smallest absolute Gasteiger partial charge is 0.117 e. The van der Waals surface area contributed by atoms with Crippen molar-refractivity contribution in [2.75, 3.05) is 0 Å². The summed E-state index contributed by atoms with van der Waals surface area (Å²) >= 11 is 1.74. The van der Waals surface area contributed by atoms with Crippen molar-refractivity contribution in [2.45, 2.75) is 13.3 Å². The number of thiazole rings is 1. The monoisotopic (exact) mass is 315 g/mol. The minimum absolute atomic E-state index is 1.05. The van der Waals surface area contributed by atoms with E-state index in [2.05, 4.69) is 79.7 Å². The van der Waals surface area contributed by atoms with E-state index in [-0.39, 0.29) is 0 Å². The maximum Gasteiger partial charge on any atom is 0.117 e. The quantitative estimate of drug-likeness (QED) is 0.440. The summed E-state index contributed by atoms with van der Waals surface area (Å²) < 4.78 is 1.24. The first-order valence-electron chi connectivity index (χ1n) is 7.89. The van der Waals surface area contributed by atoms with E-state index in [1.807, 2.05) is 0 Å². The summed E-state index contributed by atoms with van der Waals surface area (Å²) in [6.07, 6.45) is 5.33. The van der Waals surface area contributed by atoms with Crippen LogP contribution in [-0.4, -0.2) is 4.98 Å². The second-order valence-electron chi connectivity index (χ2n) is 5.61. The molecule has 1 nitrogen and oxygen atoms in total. The van der Waals surface area contributed by atoms with Gasteiger partial charge in [-0.15, -0.1) is 11.3 Å². The number of aromatic nitrogens is 1. The van der Waals surface area contributed by atoms with Crippen molar-refractivity contribution in [3.05, 3.63) is 76.8 Å². The number of aryl methyl sites for hydroxylation is 1. The molecule has 0 saturated heterocycles. The van der Waals surface area contributed by atoms with Gasteiger partial charge >= 0.3 is 0 Å². The number of nitrogens with zero attached hydrogens (tertiary/aromatic N) is 1. The number of fused-ring (bicyclic) bond motifs is 3. The molecule has 1 heterocycles. The lowest BCUT2D eigenvalue weighted by atomic mass is 10.1. The fraction of sp³-hybridized carbons (Fsp3) is 0.0952. The van der Waals surface area contributed by atoms with Gasteiger partial charge in [0.1, 0.15) is 5.01 Å². The molecule has 0 fully saturated rings. The standard InChI is InChI=1S/C21H17NS/c1-2-15-7-9-16(10-8-15)11-14-20-22-21-18-6-4-3-5-17(18)12-13-19(21)23-20/h3-14H,2H2,1H3/b14-11+. The van der Waals surface area contributed by atoms with Gasteiger partial charge in [0, 0.05) is 5.39 Å². The van der Waals surface area contributed by atoms with Crippen LogP contribution in [0.3, 0.4) is 0 Å². The molecular weight excluding hydrogens is 298 g/mol. The summed E-state index contributed by atoms with van der Waals surface area (Å²) in [5.74, 6) is 0. The Morgan fingerprint density at radius 2 is 1.74 bits per heavy atom. The van der Waals surface area contributed by atoms with Crippen LogP contribution in [0.4, 0.5) is 0 Å². The van der Waals surface area contributed by atoms with Crippen LogP contribution < -0.4 is 0 Å². The first-order chi connectivity index (χ1) is 11.3. The van der Waals surface area contributed by atoms with Crippen LogP contribution in [0, 0.1) is 0 Å². The highest BCUT2D eigenvalue weighted by molar-refractivity contribution is 7.19. The summed E-state index contributed by atoms with van der Waals surface area (Å²) in [7, 11) is 0. The van der Waals surface area contributed by atoms with Crippen molar-refractivity contribution < 1.29 is 0 Å². The Kier molecular flexibility index (Phi) is 3.68. The molecule has 112 valence electrons. The van der Waals surface area contributed by atoms with Crippen molar-refractivity contribution in [3.63, 3.8) is 0 Å². The van der Waals surface area contributed by atoms with E-state index in [0.29, 0.717) is 0 Å². The average molecular weight is 315 g/mol. The van der Waals surface area contributed by atoms with E-state index in [1.54, 1.807) is 11.3 Å². The van der Waals surface area contributed by atoms with Crippen LogP contribution >= 0.6 is 11.3 Å². The Hall–Kier alpha value is -2.45. The molecule has 0 aliphatic carbocycles. The molecule has 0 saturated carbocycles. The lowest BCUT2D eigenvalue weighted by Crippen LogP contribution is -1.79. The molecule has 1 aromatic heterocycles. The molecule has 23 heavy (non-hydrogen) atoms. The highest BCUT2D eigenvalue weighted by Crippen LogP contribution is 2.30. The van der Waals surface area contributed by atoms with Gasteiger partial charge in [-0.1, -0.05) is 67.6 Å². The fourth-order valence-electron chi connectivity index (χ4n) is 2.78. The summed E-state index contributed by atoms with van der Waals surface area (Å²) in [5, 5.41) is 3.53. The Labute approximate surface area is 139 Å². The van der Waals surface area contributed by atoms with Crippen molar-refractivity contribution in [2.24, 2.45) is 0 Å². The van der Waals surface area contributed by atoms with Crippen molar-refractivity contribution >= 4 is 44.5 Å². The van der Waals surface area contributed by atoms with E-state index >= 15 is 0 Å². The lowest BCUT2D eigenvalue weighted by Gasteiger charge is -1.96. The molecule has 0 atom stereocenters. The van der Waals surface area contributed by atoms with E-state index < -0.39 is 0 Å². The predicted octanol–water partition coefficient (Wildman–Crippen LogP) is 6.18. The fourth-order valence-corrected chi connectivity index (χ4v) is 3.67. The highest BCUT2D eigenvalue weighted by atomic mass is 32.1. The first kappa shape index (κ1) is 14.2. The van der Waals surface area contributed by atoms with Crippen LogP contribution in [0.25, 0.3) is 33.1 Å². The third kappa shape index (κ3) is 2.78. The Morgan fingerprint density at radius 1 is 0.913 bits per heavy atom. The summed E-state index contributed by atoms with van der Waals surface area (Å²) in [4.78, 5) is 4.82. The van der Waals surface area contributed by atoms with Gasteiger partial charge in [-0.25, -0.2) is 4.98 Å². The molecule has 0 aliphatic rings. The van der Waals surface area contributed by atoms with E-state index in [1.165, 1.54) is 26.6 Å². The molecule has 0 amide bonds. The molecule has 0 radical (unpaired) electrons. The molecule has 4 rings (SSSR count). The van der Waals surface area contributed by atoms with Crippen molar-refractivity contribution in [3.8, 4) is 0 Å². The summed E-state index contributed by atoms with van der Waals surface area (Å²) in [5.41, 5.74) is 3.69. The average Bonchev–Trinajstić information content (AvgIpc) is 3.04. The third-order valence-corrected chi connectivity index (χ3v) is 5.09. The topological polar surface area (TPSA) is 12.9 Å². The maximum atomic E-state index is 4.82. The summed E-state index contributed by atoms with van der Waals surface area (Å²) in [6, 6.07) is 21.5. The van der Waals surface area contributed by atoms with Gasteiger partial charge in [0.05, 0.1) is 10.2 Å². The van der Waals surface area contributed by atoms with E-state index in [9.17, 15) is 0 Å². The van der Waals surface area contributed by atoms with E-state index in [4.69, 9.17) is 4.98 Å². The van der Waals surface area contributed by atoms with Gasteiger partial charge in [-0.2, -0.15) is 0 Å². The molecule has 4 aromatic rings. The SMILES string of the molecule is CCc1ccc(/C=C/c2nc3c(ccc4ccccc43)s2)cc1. The summed E-state index contributed by atoms with van der Waals surface area (Å²) in [6.45, 7) is 2.18. The number of hydrogen-bond acceptors (Lipinski definition) is 2.